The van der Waals surface area contributed by atoms with E-state index in [0.29, 0.717) is 0 Å². The van der Waals surface area contributed by atoms with E-state index in [-0.39, 0.29) is 6.54 Å². The second kappa shape index (κ2) is 3.86. The second-order valence-electron chi connectivity index (χ2n) is 2.65. The third-order valence-corrected chi connectivity index (χ3v) is 1.70. The van der Waals surface area contributed by atoms with Crippen LogP contribution in [0, 0.1) is 0 Å². The van der Waals surface area contributed by atoms with Crippen LogP contribution in [0.2, 0.25) is 0 Å². The molecule has 1 rings (SSSR count). The van der Waals surface area contributed by atoms with Crippen LogP contribution in [0.15, 0.2) is 15.8 Å². The van der Waals surface area contributed by atoms with Crippen molar-refractivity contribution in [2.75, 3.05) is 7.05 Å². The van der Waals surface area contributed by atoms with Gasteiger partial charge in [-0.1, -0.05) is 0 Å². The minimum Gasteiger partial charge on any atom is -0.358 e. The molecule has 7 nitrogen and oxygen atoms in total. The summed E-state index contributed by atoms with van der Waals surface area (Å²) in [5, 5.41) is 5.83. The normalized spacial score (nSPS) is 9.86. The fourth-order valence-corrected chi connectivity index (χ4v) is 0.892. The predicted octanol–water partition coefficient (Wildman–Crippen LogP) is -2.31. The summed E-state index contributed by atoms with van der Waals surface area (Å²) in [4.78, 5) is 33.4. The van der Waals surface area contributed by atoms with E-state index in [1.54, 1.807) is 0 Å². The quantitative estimate of drug-likeness (QED) is 0.578. The van der Waals surface area contributed by atoms with Crippen LogP contribution in [-0.2, 0) is 18.4 Å². The number of aryl methyl sites for hydroxylation is 1. The molecule has 0 radical (unpaired) electrons. The summed E-state index contributed by atoms with van der Waals surface area (Å²) in [6.45, 7) is -0.287. The molecule has 0 fully saturated rings. The zero-order valence-corrected chi connectivity index (χ0v) is 7.85. The van der Waals surface area contributed by atoms with Crippen LogP contribution in [0.5, 0.6) is 0 Å². The Morgan fingerprint density at radius 2 is 2.21 bits per heavy atom. The minimum absolute atomic E-state index is 0.287. The van der Waals surface area contributed by atoms with Gasteiger partial charge in [0.1, 0.15) is 12.7 Å². The van der Waals surface area contributed by atoms with E-state index < -0.39 is 17.2 Å². The molecule has 0 saturated carbocycles. The Morgan fingerprint density at radius 1 is 1.57 bits per heavy atom. The predicted molar refractivity (Wildman–Crippen MR) is 47.8 cm³/mol. The SMILES string of the molecule is CNC(=O)Cn1c(=O)cnn(C)c1=O. The molecule has 0 spiro atoms. The van der Waals surface area contributed by atoms with E-state index in [2.05, 4.69) is 10.4 Å². The lowest BCUT2D eigenvalue weighted by Crippen LogP contribution is -2.43. The zero-order valence-electron chi connectivity index (χ0n) is 7.85. The van der Waals surface area contributed by atoms with E-state index in [4.69, 9.17) is 0 Å². The van der Waals surface area contributed by atoms with Gasteiger partial charge in [-0.05, 0) is 0 Å². The Hall–Kier alpha value is -1.92. The van der Waals surface area contributed by atoms with E-state index in [9.17, 15) is 14.4 Å². The highest BCUT2D eigenvalue weighted by molar-refractivity contribution is 5.75. The fraction of sp³-hybridized carbons (Fsp3) is 0.429. The lowest BCUT2D eigenvalue weighted by atomic mass is 10.5. The minimum atomic E-state index is -0.610. The number of aromatic nitrogens is 3. The van der Waals surface area contributed by atoms with Crippen LogP contribution < -0.4 is 16.6 Å². The third-order valence-electron chi connectivity index (χ3n) is 1.70. The van der Waals surface area contributed by atoms with Crippen LogP contribution in [-0.4, -0.2) is 27.3 Å². The first-order valence-electron chi connectivity index (χ1n) is 3.90. The molecule has 0 unspecified atom stereocenters. The molecule has 1 amide bonds. The molecule has 0 aromatic carbocycles. The number of rotatable bonds is 2. The largest absolute Gasteiger partial charge is 0.358 e. The van der Waals surface area contributed by atoms with E-state index in [0.717, 1.165) is 15.4 Å². The van der Waals surface area contributed by atoms with E-state index in [1.165, 1.54) is 14.1 Å². The van der Waals surface area contributed by atoms with Crippen molar-refractivity contribution in [3.8, 4) is 0 Å². The van der Waals surface area contributed by atoms with Gasteiger partial charge in [-0.25, -0.2) is 14.0 Å². The highest BCUT2D eigenvalue weighted by Gasteiger charge is 2.07. The summed E-state index contributed by atoms with van der Waals surface area (Å²) in [6.07, 6.45) is 0.990. The van der Waals surface area contributed by atoms with Crippen LogP contribution in [0.25, 0.3) is 0 Å². The second-order valence-corrected chi connectivity index (χ2v) is 2.65. The molecular formula is C7H10N4O3. The molecule has 0 aliphatic rings. The smallest absolute Gasteiger partial charge is 0.347 e. The van der Waals surface area contributed by atoms with Gasteiger partial charge in [0.2, 0.25) is 5.91 Å². The number of nitrogens with one attached hydrogen (secondary N) is 1. The van der Waals surface area contributed by atoms with Crippen LogP contribution in [0.3, 0.4) is 0 Å². The Bertz CT molecular complexity index is 459. The molecule has 14 heavy (non-hydrogen) atoms. The Morgan fingerprint density at radius 3 is 2.79 bits per heavy atom. The number of carbonyl (C=O) groups excluding carboxylic acids is 1. The molecule has 1 N–H and O–H groups in total. The van der Waals surface area contributed by atoms with Gasteiger partial charge in [-0.2, -0.15) is 5.10 Å². The molecule has 0 atom stereocenters. The van der Waals surface area contributed by atoms with Gasteiger partial charge in [0, 0.05) is 14.1 Å². The first-order chi connectivity index (χ1) is 6.56. The molecule has 0 saturated heterocycles. The van der Waals surface area contributed by atoms with Gasteiger partial charge in [0.25, 0.3) is 5.56 Å². The summed E-state index contributed by atoms with van der Waals surface area (Å²) >= 11 is 0. The van der Waals surface area contributed by atoms with Gasteiger partial charge in [-0.15, -0.1) is 0 Å². The molecular weight excluding hydrogens is 188 g/mol. The Kier molecular flexibility index (Phi) is 2.80. The number of amides is 1. The topological polar surface area (TPSA) is 86.0 Å². The summed E-state index contributed by atoms with van der Waals surface area (Å²) in [5.41, 5.74) is -1.20. The maximum atomic E-state index is 11.3. The summed E-state index contributed by atoms with van der Waals surface area (Å²) in [6, 6.07) is 0. The average Bonchev–Trinajstić information content (AvgIpc) is 2.18. The van der Waals surface area contributed by atoms with Gasteiger partial charge >= 0.3 is 5.69 Å². The van der Waals surface area contributed by atoms with Gasteiger partial charge < -0.3 is 5.32 Å². The van der Waals surface area contributed by atoms with Crippen molar-refractivity contribution < 1.29 is 4.79 Å². The molecule has 1 heterocycles. The van der Waals surface area contributed by atoms with Gasteiger partial charge in [0.05, 0.1) is 0 Å². The van der Waals surface area contributed by atoms with Crippen molar-refractivity contribution in [3.05, 3.63) is 27.0 Å². The Balaban J connectivity index is 3.20. The van der Waals surface area contributed by atoms with Crippen LogP contribution >= 0.6 is 0 Å². The fourth-order valence-electron chi connectivity index (χ4n) is 0.892. The molecule has 0 bridgehead atoms. The molecule has 1 aromatic rings. The highest BCUT2D eigenvalue weighted by Crippen LogP contribution is 1.71. The van der Waals surface area contributed by atoms with E-state index in [1.807, 2.05) is 0 Å². The molecule has 0 aliphatic heterocycles. The zero-order chi connectivity index (χ0) is 10.7. The average molecular weight is 198 g/mol. The standard InChI is InChI=1S/C7H10N4O3/c1-8-5(12)4-11-6(13)3-9-10(2)7(11)14/h3H,4H2,1-2H3,(H,8,12). The van der Waals surface area contributed by atoms with Crippen molar-refractivity contribution >= 4 is 5.91 Å². The third kappa shape index (κ3) is 1.87. The van der Waals surface area contributed by atoms with Crippen molar-refractivity contribution in [2.45, 2.75) is 6.54 Å². The van der Waals surface area contributed by atoms with Crippen LogP contribution in [0.1, 0.15) is 0 Å². The van der Waals surface area contributed by atoms with Crippen molar-refractivity contribution in [3.63, 3.8) is 0 Å². The molecule has 0 aliphatic carbocycles. The highest BCUT2D eigenvalue weighted by atomic mass is 16.2. The number of nitrogens with zero attached hydrogens (tertiary/aromatic N) is 3. The van der Waals surface area contributed by atoms with Crippen molar-refractivity contribution in [2.24, 2.45) is 7.05 Å². The van der Waals surface area contributed by atoms with E-state index >= 15 is 0 Å². The molecule has 1 aromatic heterocycles. The summed E-state index contributed by atoms with van der Waals surface area (Å²) in [7, 11) is 2.83. The van der Waals surface area contributed by atoms with Crippen molar-refractivity contribution in [1.82, 2.24) is 19.7 Å². The first-order valence-corrected chi connectivity index (χ1v) is 3.90. The number of hydrogen-bond acceptors (Lipinski definition) is 4. The monoisotopic (exact) mass is 198 g/mol. The number of likely N-dealkylation sites (N-methyl/N-ethyl adjacent to an activating group) is 1. The number of hydrogen-bond donors (Lipinski definition) is 1. The lowest BCUT2D eigenvalue weighted by Gasteiger charge is -2.03. The van der Waals surface area contributed by atoms with Gasteiger partial charge in [-0.3, -0.25) is 9.59 Å². The van der Waals surface area contributed by atoms with Gasteiger partial charge in [0.15, 0.2) is 0 Å². The first kappa shape index (κ1) is 10.2. The van der Waals surface area contributed by atoms with Crippen LogP contribution in [0.4, 0.5) is 0 Å². The lowest BCUT2D eigenvalue weighted by molar-refractivity contribution is -0.121. The maximum absolute atomic E-state index is 11.3. The van der Waals surface area contributed by atoms with Crippen molar-refractivity contribution in [1.29, 1.82) is 0 Å². The summed E-state index contributed by atoms with van der Waals surface area (Å²) < 4.78 is 1.80. The Labute approximate surface area is 79.0 Å². The summed E-state index contributed by atoms with van der Waals surface area (Å²) in [5.74, 6) is -0.407. The maximum Gasteiger partial charge on any atom is 0.347 e. The number of carbonyl (C=O) groups is 1. The molecule has 7 heteroatoms. The molecule has 76 valence electrons.